The highest BCUT2D eigenvalue weighted by molar-refractivity contribution is 5.93. The van der Waals surface area contributed by atoms with Crippen molar-refractivity contribution in [3.05, 3.63) is 112 Å². The predicted octanol–water partition coefficient (Wildman–Crippen LogP) is 4.54. The molecule has 0 atom stereocenters. The normalized spacial score (nSPS) is 11.1. The molecule has 0 bridgehead atoms. The minimum absolute atomic E-state index is 0.122. The Morgan fingerprint density at radius 1 is 0.976 bits per heavy atom. The van der Waals surface area contributed by atoms with Crippen molar-refractivity contribution in [1.29, 1.82) is 0 Å². The van der Waals surface area contributed by atoms with Crippen molar-refractivity contribution in [2.75, 3.05) is 20.8 Å². The van der Waals surface area contributed by atoms with Gasteiger partial charge in [0, 0.05) is 44.8 Å². The molecule has 5 aromatic rings. The number of esters is 1. The van der Waals surface area contributed by atoms with Crippen molar-refractivity contribution in [2.45, 2.75) is 19.6 Å². The molecule has 0 aliphatic carbocycles. The Balaban J connectivity index is 1.38. The zero-order valence-electron chi connectivity index (χ0n) is 23.0. The lowest BCUT2D eigenvalue weighted by molar-refractivity contribution is 0.0601. The molecule has 0 radical (unpaired) electrons. The molecule has 0 spiro atoms. The number of rotatable bonds is 10. The summed E-state index contributed by atoms with van der Waals surface area (Å²) in [4.78, 5) is 33.2. The molecule has 2 aromatic carbocycles. The summed E-state index contributed by atoms with van der Waals surface area (Å²) in [6.07, 6.45) is 0.241. The standard InChI is InChI=1S/C31H29FN4O5/c1-35-23(6-4-9-30(35)37)19-41-29-8-5-7-25(34-29)21-11-10-20(24(32)16-21)18-28-33-26-13-12-22(31(38)40-3)17-27(26)36(28)14-15-39-2/h4-13,16-17H,14-15,18-19H2,1-3H3. The highest BCUT2D eigenvalue weighted by atomic mass is 19.1. The lowest BCUT2D eigenvalue weighted by atomic mass is 10.1. The number of imidazole rings is 1. The molecule has 3 aromatic heterocycles. The largest absolute Gasteiger partial charge is 0.471 e. The highest BCUT2D eigenvalue weighted by Gasteiger charge is 2.17. The molecule has 0 unspecified atom stereocenters. The molecule has 0 fully saturated rings. The molecule has 0 saturated heterocycles. The molecule has 0 N–H and O–H groups in total. The topological polar surface area (TPSA) is 97.5 Å². The van der Waals surface area contributed by atoms with Gasteiger partial charge in [0.05, 0.1) is 41.7 Å². The van der Waals surface area contributed by atoms with E-state index >= 15 is 4.39 Å². The van der Waals surface area contributed by atoms with Gasteiger partial charge in [0.1, 0.15) is 18.2 Å². The number of aromatic nitrogens is 4. The number of ether oxygens (including phenoxy) is 3. The van der Waals surface area contributed by atoms with Crippen LogP contribution in [0.25, 0.3) is 22.3 Å². The van der Waals surface area contributed by atoms with E-state index in [0.29, 0.717) is 58.5 Å². The average Bonchev–Trinajstić information content (AvgIpc) is 3.33. The van der Waals surface area contributed by atoms with Crippen LogP contribution >= 0.6 is 0 Å². The maximum absolute atomic E-state index is 15.4. The highest BCUT2D eigenvalue weighted by Crippen LogP contribution is 2.26. The van der Waals surface area contributed by atoms with Gasteiger partial charge in [0.25, 0.3) is 5.56 Å². The van der Waals surface area contributed by atoms with Gasteiger partial charge in [-0.25, -0.2) is 19.2 Å². The van der Waals surface area contributed by atoms with E-state index in [0.717, 1.165) is 5.52 Å². The SMILES string of the molecule is COCCn1c(Cc2ccc(-c3cccc(OCc4cccc(=O)n4C)n3)cc2F)nc2ccc(C(=O)OC)cc21. The molecule has 10 heteroatoms. The van der Waals surface area contributed by atoms with Crippen LogP contribution < -0.4 is 10.3 Å². The lowest BCUT2D eigenvalue weighted by Crippen LogP contribution is -2.19. The third kappa shape index (κ3) is 6.02. The summed E-state index contributed by atoms with van der Waals surface area (Å²) < 4.78 is 34.8. The summed E-state index contributed by atoms with van der Waals surface area (Å²) >= 11 is 0. The lowest BCUT2D eigenvalue weighted by Gasteiger charge is -2.11. The predicted molar refractivity (Wildman–Crippen MR) is 151 cm³/mol. The number of hydrogen-bond acceptors (Lipinski definition) is 7. The van der Waals surface area contributed by atoms with E-state index in [1.165, 1.54) is 23.8 Å². The number of nitrogens with zero attached hydrogens (tertiary/aromatic N) is 4. The minimum Gasteiger partial charge on any atom is -0.471 e. The molecule has 0 saturated carbocycles. The first kappa shape index (κ1) is 27.7. The number of halogens is 1. The quantitative estimate of drug-likeness (QED) is 0.233. The maximum Gasteiger partial charge on any atom is 0.337 e. The summed E-state index contributed by atoms with van der Waals surface area (Å²) in [6.45, 7) is 1.08. The molecular weight excluding hydrogens is 527 g/mol. The van der Waals surface area contributed by atoms with Crippen LogP contribution in [0.5, 0.6) is 5.88 Å². The van der Waals surface area contributed by atoms with Crippen LogP contribution in [-0.2, 0) is 36.1 Å². The summed E-state index contributed by atoms with van der Waals surface area (Å²) in [7, 11) is 4.62. The first-order valence-electron chi connectivity index (χ1n) is 13.0. The molecule has 41 heavy (non-hydrogen) atoms. The van der Waals surface area contributed by atoms with Gasteiger partial charge in [0.15, 0.2) is 0 Å². The van der Waals surface area contributed by atoms with Crippen LogP contribution in [-0.4, -0.2) is 45.9 Å². The number of pyridine rings is 2. The summed E-state index contributed by atoms with van der Waals surface area (Å²) in [6, 6.07) is 20.4. The Bertz CT molecular complexity index is 1780. The second-order valence-electron chi connectivity index (χ2n) is 9.41. The van der Waals surface area contributed by atoms with Gasteiger partial charge >= 0.3 is 5.97 Å². The van der Waals surface area contributed by atoms with Gasteiger partial charge in [0.2, 0.25) is 5.88 Å². The first-order valence-corrected chi connectivity index (χ1v) is 13.0. The van der Waals surface area contributed by atoms with E-state index < -0.39 is 11.8 Å². The summed E-state index contributed by atoms with van der Waals surface area (Å²) in [5, 5.41) is 0. The van der Waals surface area contributed by atoms with Gasteiger partial charge in [-0.2, -0.15) is 0 Å². The Kier molecular flexibility index (Phi) is 8.21. The monoisotopic (exact) mass is 556 g/mol. The molecule has 9 nitrogen and oxygen atoms in total. The van der Waals surface area contributed by atoms with Crippen molar-refractivity contribution in [1.82, 2.24) is 19.1 Å². The Labute approximate surface area is 235 Å². The van der Waals surface area contributed by atoms with Gasteiger partial charge in [-0.1, -0.05) is 24.3 Å². The van der Waals surface area contributed by atoms with Crippen molar-refractivity contribution in [3.8, 4) is 17.1 Å². The van der Waals surface area contributed by atoms with Gasteiger partial charge in [-0.3, -0.25) is 4.79 Å². The van der Waals surface area contributed by atoms with Crippen molar-refractivity contribution >= 4 is 17.0 Å². The number of benzene rings is 2. The van der Waals surface area contributed by atoms with Gasteiger partial charge < -0.3 is 23.3 Å². The van der Waals surface area contributed by atoms with Crippen LogP contribution in [0.2, 0.25) is 0 Å². The zero-order valence-corrected chi connectivity index (χ0v) is 23.0. The van der Waals surface area contributed by atoms with Crippen LogP contribution in [0.4, 0.5) is 4.39 Å². The second-order valence-corrected chi connectivity index (χ2v) is 9.41. The number of methoxy groups -OCH3 is 2. The Hall–Kier alpha value is -4.83. The number of carbonyl (C=O) groups excluding carboxylic acids is 1. The summed E-state index contributed by atoms with van der Waals surface area (Å²) in [5.41, 5.74) is 4.05. The Morgan fingerprint density at radius 3 is 2.59 bits per heavy atom. The minimum atomic E-state index is -0.441. The molecule has 0 amide bonds. The van der Waals surface area contributed by atoms with Crippen LogP contribution in [0.3, 0.4) is 0 Å². The fraction of sp³-hybridized carbons (Fsp3) is 0.226. The van der Waals surface area contributed by atoms with Gasteiger partial charge in [-0.05, 0) is 42.0 Å². The van der Waals surface area contributed by atoms with Crippen LogP contribution in [0, 0.1) is 5.82 Å². The van der Waals surface area contributed by atoms with E-state index in [-0.39, 0.29) is 18.6 Å². The number of carbonyl (C=O) groups is 1. The van der Waals surface area contributed by atoms with Crippen molar-refractivity contribution in [2.24, 2.45) is 7.05 Å². The molecule has 5 rings (SSSR count). The Morgan fingerprint density at radius 2 is 1.80 bits per heavy atom. The van der Waals surface area contributed by atoms with Crippen molar-refractivity contribution < 1.29 is 23.4 Å². The van der Waals surface area contributed by atoms with E-state index in [1.54, 1.807) is 68.8 Å². The molecular formula is C31H29FN4O5. The van der Waals surface area contributed by atoms with Crippen LogP contribution in [0.1, 0.15) is 27.4 Å². The smallest absolute Gasteiger partial charge is 0.337 e. The van der Waals surface area contributed by atoms with E-state index in [1.807, 2.05) is 10.6 Å². The van der Waals surface area contributed by atoms with Gasteiger partial charge in [-0.15, -0.1) is 0 Å². The summed E-state index contributed by atoms with van der Waals surface area (Å²) in [5.74, 6) is 0.176. The molecule has 0 aliphatic heterocycles. The third-order valence-electron chi connectivity index (χ3n) is 6.85. The molecule has 210 valence electrons. The number of hydrogen-bond donors (Lipinski definition) is 0. The molecule has 0 aliphatic rings. The van der Waals surface area contributed by atoms with E-state index in [4.69, 9.17) is 19.2 Å². The fourth-order valence-corrected chi connectivity index (χ4v) is 4.56. The zero-order chi connectivity index (χ0) is 28.9. The maximum atomic E-state index is 15.4. The third-order valence-corrected chi connectivity index (χ3v) is 6.85. The van der Waals surface area contributed by atoms with Crippen LogP contribution in [0.15, 0.2) is 77.6 Å². The van der Waals surface area contributed by atoms with E-state index in [2.05, 4.69) is 4.98 Å². The average molecular weight is 557 g/mol. The second kappa shape index (κ2) is 12.1. The van der Waals surface area contributed by atoms with E-state index in [9.17, 15) is 9.59 Å². The molecule has 3 heterocycles. The van der Waals surface area contributed by atoms with Crippen molar-refractivity contribution in [3.63, 3.8) is 0 Å². The first-order chi connectivity index (χ1) is 19.9. The number of fused-ring (bicyclic) bond motifs is 1. The fourth-order valence-electron chi connectivity index (χ4n) is 4.56.